The number of nitrogens with zero attached hydrogens (tertiary/aromatic N) is 3. The maximum Gasteiger partial charge on any atom is 0.292 e. The van der Waals surface area contributed by atoms with Crippen molar-refractivity contribution in [3.05, 3.63) is 75.2 Å². The van der Waals surface area contributed by atoms with Gasteiger partial charge in [0.2, 0.25) is 0 Å². The van der Waals surface area contributed by atoms with Crippen LogP contribution < -0.4 is 10.1 Å². The molecule has 3 aromatic rings. The van der Waals surface area contributed by atoms with Gasteiger partial charge in [0.05, 0.1) is 17.7 Å². The van der Waals surface area contributed by atoms with Crippen LogP contribution >= 0.6 is 11.3 Å². The van der Waals surface area contributed by atoms with Crippen molar-refractivity contribution in [3.63, 3.8) is 0 Å². The van der Waals surface area contributed by atoms with Crippen LogP contribution in [0.2, 0.25) is 0 Å². The topological polar surface area (TPSA) is 101 Å². The monoisotopic (exact) mass is 378 g/mol. The Morgan fingerprint density at radius 3 is 2.89 bits per heavy atom. The van der Waals surface area contributed by atoms with Gasteiger partial charge in [0, 0.05) is 23.2 Å². The number of benzene rings is 2. The fourth-order valence-electron chi connectivity index (χ4n) is 2.36. The summed E-state index contributed by atoms with van der Waals surface area (Å²) in [5.74, 6) is 0.719. The molecule has 0 saturated carbocycles. The number of thiazole rings is 1. The predicted molar refractivity (Wildman–Crippen MR) is 104 cm³/mol. The smallest absolute Gasteiger partial charge is 0.292 e. The second-order valence-corrected chi connectivity index (χ2v) is 6.22. The molecule has 0 unspecified atom stereocenters. The molecule has 1 heterocycles. The number of methoxy groups -OCH3 is 1. The van der Waals surface area contributed by atoms with E-state index in [2.05, 4.69) is 16.4 Å². The molecule has 7 nitrogen and oxygen atoms in total. The molecular weight excluding hydrogens is 364 g/mol. The van der Waals surface area contributed by atoms with E-state index in [1.165, 1.54) is 23.6 Å². The van der Waals surface area contributed by atoms with Crippen LogP contribution in [0, 0.1) is 21.4 Å². The van der Waals surface area contributed by atoms with E-state index in [9.17, 15) is 15.4 Å². The van der Waals surface area contributed by atoms with Crippen molar-refractivity contribution in [2.45, 2.75) is 0 Å². The summed E-state index contributed by atoms with van der Waals surface area (Å²) in [5, 5.41) is 25.7. The zero-order chi connectivity index (χ0) is 19.2. The third kappa shape index (κ3) is 4.11. The summed E-state index contributed by atoms with van der Waals surface area (Å²) in [6.07, 6.45) is 1.43. The summed E-state index contributed by atoms with van der Waals surface area (Å²) in [5.41, 5.74) is 2.12. The molecule has 8 heteroatoms. The highest BCUT2D eigenvalue weighted by molar-refractivity contribution is 7.11. The van der Waals surface area contributed by atoms with E-state index in [1.807, 2.05) is 29.6 Å². The van der Waals surface area contributed by atoms with Crippen molar-refractivity contribution in [2.75, 3.05) is 12.4 Å². The quantitative estimate of drug-likeness (QED) is 0.379. The van der Waals surface area contributed by atoms with Crippen LogP contribution in [0.25, 0.3) is 16.8 Å². The number of anilines is 1. The first-order valence-corrected chi connectivity index (χ1v) is 8.71. The SMILES string of the molecule is COc1cccc(-c2csc(/C(C#N)=C\Nc3ccccc3[N+](=O)[O-])n2)c1. The highest BCUT2D eigenvalue weighted by Crippen LogP contribution is 2.29. The third-order valence-electron chi connectivity index (χ3n) is 3.69. The second-order valence-electron chi connectivity index (χ2n) is 5.36. The Hall–Kier alpha value is -3.70. The second kappa shape index (κ2) is 8.12. The predicted octanol–water partition coefficient (Wildman–Crippen LogP) is 4.70. The molecule has 1 N–H and O–H groups in total. The lowest BCUT2D eigenvalue weighted by atomic mass is 10.1. The molecule has 3 rings (SSSR count). The fraction of sp³-hybridized carbons (Fsp3) is 0.0526. The molecule has 0 aliphatic heterocycles. The number of nitrogens with one attached hydrogen (secondary N) is 1. The number of hydrogen-bond acceptors (Lipinski definition) is 7. The van der Waals surface area contributed by atoms with Crippen molar-refractivity contribution < 1.29 is 9.66 Å². The molecule has 134 valence electrons. The molecule has 0 saturated heterocycles. The van der Waals surface area contributed by atoms with Crippen molar-refractivity contribution >= 4 is 28.3 Å². The molecule has 0 radical (unpaired) electrons. The lowest BCUT2D eigenvalue weighted by molar-refractivity contribution is -0.383. The van der Waals surface area contributed by atoms with Crippen LogP contribution in [0.5, 0.6) is 5.75 Å². The van der Waals surface area contributed by atoms with Crippen molar-refractivity contribution in [2.24, 2.45) is 0 Å². The zero-order valence-electron chi connectivity index (χ0n) is 14.2. The number of allylic oxidation sites excluding steroid dienone is 1. The van der Waals surface area contributed by atoms with E-state index >= 15 is 0 Å². The molecule has 0 atom stereocenters. The minimum absolute atomic E-state index is 0.0674. The van der Waals surface area contributed by atoms with Crippen LogP contribution in [-0.2, 0) is 0 Å². The maximum absolute atomic E-state index is 11.1. The molecule has 27 heavy (non-hydrogen) atoms. The number of aromatic nitrogens is 1. The molecule has 2 aromatic carbocycles. The summed E-state index contributed by atoms with van der Waals surface area (Å²) in [6.45, 7) is 0. The van der Waals surface area contributed by atoms with E-state index < -0.39 is 4.92 Å². The van der Waals surface area contributed by atoms with E-state index in [0.29, 0.717) is 10.7 Å². The molecule has 0 amide bonds. The van der Waals surface area contributed by atoms with Gasteiger partial charge in [-0.1, -0.05) is 24.3 Å². The summed E-state index contributed by atoms with van der Waals surface area (Å²) in [7, 11) is 1.59. The van der Waals surface area contributed by atoms with Gasteiger partial charge in [0.15, 0.2) is 0 Å². The summed E-state index contributed by atoms with van der Waals surface area (Å²) < 4.78 is 5.22. The van der Waals surface area contributed by atoms with Crippen molar-refractivity contribution in [1.29, 1.82) is 5.26 Å². The van der Waals surface area contributed by atoms with Crippen LogP contribution in [-0.4, -0.2) is 17.0 Å². The molecule has 0 spiro atoms. The van der Waals surface area contributed by atoms with Crippen LogP contribution in [0.1, 0.15) is 5.01 Å². The number of hydrogen-bond donors (Lipinski definition) is 1. The van der Waals surface area contributed by atoms with Gasteiger partial charge in [-0.15, -0.1) is 11.3 Å². The molecule has 0 fully saturated rings. The van der Waals surface area contributed by atoms with E-state index in [0.717, 1.165) is 17.0 Å². The van der Waals surface area contributed by atoms with E-state index in [4.69, 9.17) is 4.74 Å². The van der Waals surface area contributed by atoms with Crippen LogP contribution in [0.4, 0.5) is 11.4 Å². The lowest BCUT2D eigenvalue weighted by Crippen LogP contribution is -1.96. The molecular formula is C19H14N4O3S. The van der Waals surface area contributed by atoms with E-state index in [-0.39, 0.29) is 11.3 Å². The number of para-hydroxylation sites is 2. The number of nitro benzene ring substituents is 1. The Kier molecular flexibility index (Phi) is 5.44. The lowest BCUT2D eigenvalue weighted by Gasteiger charge is -2.03. The molecule has 0 aliphatic rings. The van der Waals surface area contributed by atoms with E-state index in [1.54, 1.807) is 25.3 Å². The van der Waals surface area contributed by atoms with Crippen molar-refractivity contribution in [1.82, 2.24) is 4.98 Å². The highest BCUT2D eigenvalue weighted by atomic mass is 32.1. The van der Waals surface area contributed by atoms with Crippen LogP contribution in [0.15, 0.2) is 60.1 Å². The largest absolute Gasteiger partial charge is 0.497 e. The van der Waals surface area contributed by atoms with Crippen LogP contribution in [0.3, 0.4) is 0 Å². The Labute approximate surface area is 159 Å². The maximum atomic E-state index is 11.1. The van der Waals surface area contributed by atoms with Gasteiger partial charge in [0.1, 0.15) is 28.1 Å². The summed E-state index contributed by atoms with van der Waals surface area (Å²) in [6, 6.07) is 15.8. The Bertz CT molecular complexity index is 1050. The average molecular weight is 378 g/mol. The summed E-state index contributed by atoms with van der Waals surface area (Å²) >= 11 is 1.32. The van der Waals surface area contributed by atoms with Gasteiger partial charge in [-0.05, 0) is 18.2 Å². The standard InChI is InChI=1S/C19H14N4O3S/c1-26-15-6-4-5-13(9-15)17-12-27-19(22-17)14(10-20)11-21-16-7-2-3-8-18(16)23(24)25/h2-9,11-12,21H,1H3/b14-11-. The van der Waals surface area contributed by atoms with Crippen molar-refractivity contribution in [3.8, 4) is 23.1 Å². The number of nitro groups is 1. The van der Waals surface area contributed by atoms with Gasteiger partial charge in [-0.25, -0.2) is 4.98 Å². The number of nitriles is 1. The molecule has 0 aliphatic carbocycles. The molecule has 1 aromatic heterocycles. The van der Waals surface area contributed by atoms with Gasteiger partial charge in [-0.3, -0.25) is 10.1 Å². The average Bonchev–Trinajstić information content (AvgIpc) is 3.19. The van der Waals surface area contributed by atoms with Gasteiger partial charge in [0.25, 0.3) is 5.69 Å². The first-order valence-electron chi connectivity index (χ1n) is 7.83. The normalized spacial score (nSPS) is 10.9. The van der Waals surface area contributed by atoms with Gasteiger partial charge in [-0.2, -0.15) is 5.26 Å². The van der Waals surface area contributed by atoms with Gasteiger partial charge >= 0.3 is 0 Å². The third-order valence-corrected chi connectivity index (χ3v) is 4.57. The highest BCUT2D eigenvalue weighted by Gasteiger charge is 2.13. The number of ether oxygens (including phenoxy) is 1. The van der Waals surface area contributed by atoms with Gasteiger partial charge < -0.3 is 10.1 Å². The first kappa shape index (κ1) is 18.1. The first-order chi connectivity index (χ1) is 13.1. The zero-order valence-corrected chi connectivity index (χ0v) is 15.1. The Balaban J connectivity index is 1.87. The minimum atomic E-state index is -0.480. The summed E-state index contributed by atoms with van der Waals surface area (Å²) in [4.78, 5) is 15.1. The number of rotatable bonds is 6. The molecule has 0 bridgehead atoms. The fourth-order valence-corrected chi connectivity index (χ4v) is 3.15. The Morgan fingerprint density at radius 2 is 2.15 bits per heavy atom. The Morgan fingerprint density at radius 1 is 1.33 bits per heavy atom. The minimum Gasteiger partial charge on any atom is -0.497 e.